The Morgan fingerprint density at radius 1 is 1.65 bits per heavy atom. The van der Waals surface area contributed by atoms with Gasteiger partial charge in [-0.3, -0.25) is 4.79 Å². The summed E-state index contributed by atoms with van der Waals surface area (Å²) in [5.74, 6) is -0.885. The second-order valence-electron chi connectivity index (χ2n) is 3.73. The van der Waals surface area contributed by atoms with Crippen LogP contribution in [-0.4, -0.2) is 35.6 Å². The number of halogens is 2. The Morgan fingerprint density at radius 2 is 2.29 bits per heavy atom. The first-order valence-electron chi connectivity index (χ1n) is 5.01. The Labute approximate surface area is 104 Å². The molecular formula is C11H14ClFN2O2. The number of aliphatic hydroxyl groups is 1. The molecular weight excluding hydrogens is 247 g/mol. The van der Waals surface area contributed by atoms with Gasteiger partial charge < -0.3 is 15.7 Å². The third-order valence-corrected chi connectivity index (χ3v) is 2.58. The van der Waals surface area contributed by atoms with E-state index in [1.807, 2.05) is 0 Å². The molecule has 1 atom stereocenters. The lowest BCUT2D eigenvalue weighted by Crippen LogP contribution is -2.43. The monoisotopic (exact) mass is 260 g/mol. The van der Waals surface area contributed by atoms with Crippen molar-refractivity contribution in [3.05, 3.63) is 34.6 Å². The second-order valence-corrected chi connectivity index (χ2v) is 4.14. The summed E-state index contributed by atoms with van der Waals surface area (Å²) in [6.45, 7) is -0.153. The number of carbonyl (C=O) groups excluding carboxylic acids is 1. The molecule has 1 rings (SSSR count). The summed E-state index contributed by atoms with van der Waals surface area (Å²) in [6.07, 6.45) is 0. The maximum atomic E-state index is 12.9. The highest BCUT2D eigenvalue weighted by Gasteiger charge is 2.17. The van der Waals surface area contributed by atoms with Gasteiger partial charge in [0.1, 0.15) is 11.9 Å². The summed E-state index contributed by atoms with van der Waals surface area (Å²) in [5, 5.41) is 8.77. The van der Waals surface area contributed by atoms with Crippen molar-refractivity contribution in [2.24, 2.45) is 5.73 Å². The summed E-state index contributed by atoms with van der Waals surface area (Å²) in [5.41, 5.74) is 6.09. The van der Waals surface area contributed by atoms with E-state index in [9.17, 15) is 9.18 Å². The fraction of sp³-hybridized carbons (Fsp3) is 0.364. The molecule has 1 unspecified atom stereocenters. The van der Waals surface area contributed by atoms with Gasteiger partial charge in [-0.2, -0.15) is 0 Å². The molecule has 0 bridgehead atoms. The zero-order valence-electron chi connectivity index (χ0n) is 9.36. The maximum absolute atomic E-state index is 12.9. The standard InChI is InChI=1S/C11H14ClFN2O2/c1-15(11(17)10(14)6-16)5-7-2-3-9(13)8(12)4-7/h2-4,10,16H,5-6,14H2,1H3. The number of amides is 1. The van der Waals surface area contributed by atoms with Crippen LogP contribution < -0.4 is 5.73 Å². The number of carbonyl (C=O) groups is 1. The van der Waals surface area contributed by atoms with E-state index in [1.54, 1.807) is 7.05 Å². The number of nitrogens with two attached hydrogens (primary N) is 1. The predicted octanol–water partition coefficient (Wildman–Crippen LogP) is 0.757. The first kappa shape index (κ1) is 13.9. The molecule has 1 amide bonds. The van der Waals surface area contributed by atoms with Crippen molar-refractivity contribution in [3.63, 3.8) is 0 Å². The van der Waals surface area contributed by atoms with Gasteiger partial charge >= 0.3 is 0 Å². The average molecular weight is 261 g/mol. The van der Waals surface area contributed by atoms with Crippen molar-refractivity contribution in [3.8, 4) is 0 Å². The van der Waals surface area contributed by atoms with Gasteiger partial charge in [-0.05, 0) is 17.7 Å². The summed E-state index contributed by atoms with van der Waals surface area (Å²) in [6, 6.07) is 3.29. The van der Waals surface area contributed by atoms with Gasteiger partial charge in [-0.1, -0.05) is 17.7 Å². The van der Waals surface area contributed by atoms with Crippen LogP contribution in [0, 0.1) is 5.82 Å². The number of likely N-dealkylation sites (N-methyl/N-ethyl adjacent to an activating group) is 1. The van der Waals surface area contributed by atoms with E-state index < -0.39 is 18.5 Å². The van der Waals surface area contributed by atoms with Crippen LogP contribution in [0.25, 0.3) is 0 Å². The predicted molar refractivity (Wildman–Crippen MR) is 62.9 cm³/mol. The Bertz CT molecular complexity index is 414. The highest BCUT2D eigenvalue weighted by molar-refractivity contribution is 6.30. The van der Waals surface area contributed by atoms with E-state index >= 15 is 0 Å². The normalized spacial score (nSPS) is 12.3. The molecule has 0 saturated heterocycles. The molecule has 1 aromatic rings. The highest BCUT2D eigenvalue weighted by Crippen LogP contribution is 2.17. The van der Waals surface area contributed by atoms with Crippen LogP contribution in [0.3, 0.4) is 0 Å². The molecule has 0 aliphatic carbocycles. The fourth-order valence-electron chi connectivity index (χ4n) is 1.35. The number of nitrogens with zero attached hydrogens (tertiary/aromatic N) is 1. The van der Waals surface area contributed by atoms with Gasteiger partial charge in [-0.25, -0.2) is 4.39 Å². The topological polar surface area (TPSA) is 66.6 Å². The van der Waals surface area contributed by atoms with E-state index in [-0.39, 0.29) is 17.5 Å². The quantitative estimate of drug-likeness (QED) is 0.840. The number of benzene rings is 1. The first-order chi connectivity index (χ1) is 7.95. The minimum Gasteiger partial charge on any atom is -0.394 e. The van der Waals surface area contributed by atoms with Crippen molar-refractivity contribution < 1.29 is 14.3 Å². The average Bonchev–Trinajstić information content (AvgIpc) is 2.31. The fourth-order valence-corrected chi connectivity index (χ4v) is 1.55. The van der Waals surface area contributed by atoms with Crippen molar-refractivity contribution in [2.45, 2.75) is 12.6 Å². The Morgan fingerprint density at radius 3 is 2.82 bits per heavy atom. The lowest BCUT2D eigenvalue weighted by molar-refractivity contribution is -0.132. The highest BCUT2D eigenvalue weighted by atomic mass is 35.5. The molecule has 17 heavy (non-hydrogen) atoms. The van der Waals surface area contributed by atoms with Crippen molar-refractivity contribution in [1.82, 2.24) is 4.90 Å². The smallest absolute Gasteiger partial charge is 0.241 e. The summed E-state index contributed by atoms with van der Waals surface area (Å²) in [7, 11) is 1.55. The van der Waals surface area contributed by atoms with Gasteiger partial charge in [0.05, 0.1) is 11.6 Å². The van der Waals surface area contributed by atoms with Crippen LogP contribution >= 0.6 is 11.6 Å². The molecule has 0 spiro atoms. The van der Waals surface area contributed by atoms with Crippen LogP contribution in [0.2, 0.25) is 5.02 Å². The van der Waals surface area contributed by atoms with Gasteiger partial charge in [-0.15, -0.1) is 0 Å². The van der Waals surface area contributed by atoms with Crippen molar-refractivity contribution in [2.75, 3.05) is 13.7 Å². The van der Waals surface area contributed by atoms with Crippen LogP contribution in [0.15, 0.2) is 18.2 Å². The molecule has 0 heterocycles. The number of rotatable bonds is 4. The van der Waals surface area contributed by atoms with Gasteiger partial charge in [0.15, 0.2) is 0 Å². The molecule has 0 aliphatic heterocycles. The largest absolute Gasteiger partial charge is 0.394 e. The Balaban J connectivity index is 2.71. The Hall–Kier alpha value is -1.17. The van der Waals surface area contributed by atoms with Crippen molar-refractivity contribution >= 4 is 17.5 Å². The summed E-state index contributed by atoms with van der Waals surface area (Å²) in [4.78, 5) is 12.9. The number of aliphatic hydroxyl groups excluding tert-OH is 1. The lowest BCUT2D eigenvalue weighted by atomic mass is 10.2. The molecule has 0 saturated carbocycles. The molecule has 3 N–H and O–H groups in total. The third-order valence-electron chi connectivity index (χ3n) is 2.29. The SMILES string of the molecule is CN(Cc1ccc(F)c(Cl)c1)C(=O)C(N)CO. The molecule has 0 aliphatic rings. The van der Waals surface area contributed by atoms with E-state index in [2.05, 4.69) is 0 Å². The molecule has 4 nitrogen and oxygen atoms in total. The van der Waals surface area contributed by atoms with Gasteiger partial charge in [0, 0.05) is 13.6 Å². The van der Waals surface area contributed by atoms with Gasteiger partial charge in [0.25, 0.3) is 0 Å². The molecule has 0 fully saturated rings. The zero-order valence-corrected chi connectivity index (χ0v) is 10.1. The molecule has 1 aromatic carbocycles. The Kier molecular flexibility index (Phi) is 4.86. The molecule has 94 valence electrons. The van der Waals surface area contributed by atoms with E-state index in [4.69, 9.17) is 22.4 Å². The van der Waals surface area contributed by atoms with E-state index in [0.717, 1.165) is 0 Å². The third kappa shape index (κ3) is 3.66. The molecule has 6 heteroatoms. The van der Waals surface area contributed by atoms with Gasteiger partial charge in [0.2, 0.25) is 5.91 Å². The first-order valence-corrected chi connectivity index (χ1v) is 5.39. The van der Waals surface area contributed by atoms with Crippen LogP contribution in [0.4, 0.5) is 4.39 Å². The second kappa shape index (κ2) is 5.95. The molecule has 0 aromatic heterocycles. The summed E-state index contributed by atoms with van der Waals surface area (Å²) < 4.78 is 12.9. The van der Waals surface area contributed by atoms with E-state index in [1.165, 1.54) is 23.1 Å². The maximum Gasteiger partial charge on any atom is 0.241 e. The minimum atomic E-state index is -0.934. The number of hydrogen-bond donors (Lipinski definition) is 2. The zero-order chi connectivity index (χ0) is 13.0. The molecule has 0 radical (unpaired) electrons. The number of hydrogen-bond acceptors (Lipinski definition) is 3. The van der Waals surface area contributed by atoms with Crippen molar-refractivity contribution in [1.29, 1.82) is 0 Å². The summed E-state index contributed by atoms with van der Waals surface area (Å²) >= 11 is 5.62. The van der Waals surface area contributed by atoms with Crippen LogP contribution in [0.5, 0.6) is 0 Å². The lowest BCUT2D eigenvalue weighted by Gasteiger charge is -2.20. The van der Waals surface area contributed by atoms with Crippen LogP contribution in [-0.2, 0) is 11.3 Å². The minimum absolute atomic E-state index is 0.00908. The van der Waals surface area contributed by atoms with Crippen LogP contribution in [0.1, 0.15) is 5.56 Å². The van der Waals surface area contributed by atoms with E-state index in [0.29, 0.717) is 5.56 Å².